The molecule has 0 bridgehead atoms. The molecule has 130 valence electrons. The van der Waals surface area contributed by atoms with Crippen LogP contribution in [0.25, 0.3) is 11.0 Å². The molecular weight excluding hydrogens is 318 g/mol. The van der Waals surface area contributed by atoms with Crippen LogP contribution in [0.2, 0.25) is 0 Å². The fourth-order valence-electron chi connectivity index (χ4n) is 2.90. The topological polar surface area (TPSA) is 76.4 Å². The molecule has 1 amide bonds. The fraction of sp³-hybridized carbons (Fsp3) is 0.263. The first-order chi connectivity index (χ1) is 12.0. The minimum absolute atomic E-state index is 0.241. The highest BCUT2D eigenvalue weighted by Gasteiger charge is 2.18. The number of amides is 1. The van der Waals surface area contributed by atoms with Crippen molar-refractivity contribution in [1.29, 1.82) is 0 Å². The molecule has 0 aliphatic carbocycles. The number of hydrogen-bond acceptors (Lipinski definition) is 4. The Hall–Kier alpha value is -2.86. The average molecular weight is 339 g/mol. The van der Waals surface area contributed by atoms with Crippen LogP contribution in [0, 0.1) is 6.92 Å². The van der Waals surface area contributed by atoms with Crippen LogP contribution in [-0.4, -0.2) is 27.7 Å². The fourth-order valence-corrected chi connectivity index (χ4v) is 2.90. The summed E-state index contributed by atoms with van der Waals surface area (Å²) in [4.78, 5) is 16.8. The highest BCUT2D eigenvalue weighted by Crippen LogP contribution is 2.20. The molecule has 0 aliphatic rings. The largest absolute Gasteiger partial charge is 0.497 e. The van der Waals surface area contributed by atoms with Gasteiger partial charge in [-0.05, 0) is 36.2 Å². The summed E-state index contributed by atoms with van der Waals surface area (Å²) in [5.41, 5.74) is 3.54. The quantitative estimate of drug-likeness (QED) is 0.747. The van der Waals surface area contributed by atoms with E-state index in [1.807, 2.05) is 36.7 Å². The van der Waals surface area contributed by atoms with Gasteiger partial charge >= 0.3 is 0 Å². The number of methoxy groups -OCH3 is 1. The van der Waals surface area contributed by atoms with E-state index in [1.54, 1.807) is 31.4 Å². The maximum atomic E-state index is 12.3. The molecule has 2 N–H and O–H groups in total. The summed E-state index contributed by atoms with van der Waals surface area (Å²) in [5.74, 6) is 0.850. The van der Waals surface area contributed by atoms with Gasteiger partial charge in [0.25, 0.3) is 5.91 Å². The molecule has 6 heteroatoms. The van der Waals surface area contributed by atoms with Gasteiger partial charge < -0.3 is 19.7 Å². The number of aryl methyl sites for hydroxylation is 2. The molecule has 0 fully saturated rings. The van der Waals surface area contributed by atoms with Crippen LogP contribution in [0.1, 0.15) is 23.1 Å². The molecular formula is C19H21N3O3. The van der Waals surface area contributed by atoms with Crippen molar-refractivity contribution in [2.24, 2.45) is 7.05 Å². The van der Waals surface area contributed by atoms with Crippen LogP contribution >= 0.6 is 0 Å². The maximum absolute atomic E-state index is 12.3. The van der Waals surface area contributed by atoms with Crippen molar-refractivity contribution < 1.29 is 14.6 Å². The molecule has 0 radical (unpaired) electrons. The number of carbonyl (C=O) groups is 1. The first-order valence-electron chi connectivity index (χ1n) is 8.02. The van der Waals surface area contributed by atoms with Crippen molar-refractivity contribution in [1.82, 2.24) is 14.9 Å². The molecule has 0 saturated heterocycles. The Bertz CT molecular complexity index is 917. The lowest BCUT2D eigenvalue weighted by molar-refractivity contribution is -0.129. The maximum Gasteiger partial charge on any atom is 0.253 e. The van der Waals surface area contributed by atoms with Crippen molar-refractivity contribution in [2.75, 3.05) is 7.11 Å². The summed E-state index contributed by atoms with van der Waals surface area (Å²) in [7, 11) is 3.46. The summed E-state index contributed by atoms with van der Waals surface area (Å²) in [6.07, 6.45) is -1.26. The molecule has 0 aliphatic heterocycles. The third-order valence-corrected chi connectivity index (χ3v) is 4.27. The molecule has 2 aromatic carbocycles. The van der Waals surface area contributed by atoms with Gasteiger partial charge in [0.2, 0.25) is 0 Å². The average Bonchev–Trinajstić information content (AvgIpc) is 2.96. The van der Waals surface area contributed by atoms with E-state index < -0.39 is 12.0 Å². The van der Waals surface area contributed by atoms with Gasteiger partial charge in [-0.25, -0.2) is 4.98 Å². The second-order valence-electron chi connectivity index (χ2n) is 5.93. The van der Waals surface area contributed by atoms with Crippen molar-refractivity contribution in [3.8, 4) is 5.75 Å². The molecule has 25 heavy (non-hydrogen) atoms. The zero-order valence-electron chi connectivity index (χ0n) is 14.5. The summed E-state index contributed by atoms with van der Waals surface area (Å²) < 4.78 is 7.08. The highest BCUT2D eigenvalue weighted by molar-refractivity contribution is 5.82. The Morgan fingerprint density at radius 2 is 2.08 bits per heavy atom. The van der Waals surface area contributed by atoms with E-state index in [2.05, 4.69) is 10.3 Å². The van der Waals surface area contributed by atoms with E-state index in [1.165, 1.54) is 0 Å². The molecule has 3 rings (SSSR count). The van der Waals surface area contributed by atoms with E-state index in [-0.39, 0.29) is 6.54 Å². The van der Waals surface area contributed by atoms with Gasteiger partial charge in [0.1, 0.15) is 11.6 Å². The summed E-state index contributed by atoms with van der Waals surface area (Å²) in [6.45, 7) is 2.27. The number of imidazole rings is 1. The van der Waals surface area contributed by atoms with Crippen LogP contribution in [0.15, 0.2) is 42.5 Å². The van der Waals surface area contributed by atoms with Crippen LogP contribution in [0.5, 0.6) is 5.75 Å². The molecule has 1 aromatic heterocycles. The third-order valence-electron chi connectivity index (χ3n) is 4.27. The van der Waals surface area contributed by atoms with E-state index >= 15 is 0 Å². The van der Waals surface area contributed by atoms with Gasteiger partial charge in [-0.2, -0.15) is 0 Å². The lowest BCUT2D eigenvalue weighted by Crippen LogP contribution is -2.29. The van der Waals surface area contributed by atoms with Crippen LogP contribution in [0.3, 0.4) is 0 Å². The van der Waals surface area contributed by atoms with Gasteiger partial charge in [-0.15, -0.1) is 0 Å². The van der Waals surface area contributed by atoms with Crippen LogP contribution in [-0.2, 0) is 18.4 Å². The number of aromatic nitrogens is 2. The van der Waals surface area contributed by atoms with E-state index in [0.717, 1.165) is 22.4 Å². The van der Waals surface area contributed by atoms with Gasteiger partial charge in [0, 0.05) is 7.05 Å². The molecule has 6 nitrogen and oxygen atoms in total. The van der Waals surface area contributed by atoms with Gasteiger partial charge in [-0.3, -0.25) is 4.79 Å². The molecule has 1 heterocycles. The van der Waals surface area contributed by atoms with Crippen molar-refractivity contribution in [2.45, 2.75) is 19.6 Å². The van der Waals surface area contributed by atoms with Gasteiger partial charge in [0.05, 0.1) is 24.7 Å². The normalized spacial score (nSPS) is 12.2. The number of aliphatic hydroxyl groups excluding tert-OH is 1. The Morgan fingerprint density at radius 3 is 2.80 bits per heavy atom. The number of nitrogens with one attached hydrogen (secondary N) is 1. The van der Waals surface area contributed by atoms with Gasteiger partial charge in [-0.1, -0.05) is 24.3 Å². The zero-order valence-corrected chi connectivity index (χ0v) is 14.5. The Kier molecular flexibility index (Phi) is 4.72. The number of carbonyl (C=O) groups excluding carboxylic acids is 1. The molecule has 0 spiro atoms. The standard InChI is InChI=1S/C19H21N3O3/c1-12-6-4-9-15-17(12)22(2)16(21-15)11-20-19(24)18(23)13-7-5-8-14(10-13)25-3/h4-10,18,23H,11H2,1-3H3,(H,20,24). The number of benzene rings is 2. The predicted octanol–water partition coefficient (Wildman–Crippen LogP) is 2.24. The summed E-state index contributed by atoms with van der Waals surface area (Å²) in [5, 5.41) is 13.0. The highest BCUT2D eigenvalue weighted by atomic mass is 16.5. The predicted molar refractivity (Wildman–Crippen MR) is 95.3 cm³/mol. The zero-order chi connectivity index (χ0) is 18.0. The number of fused-ring (bicyclic) bond motifs is 1. The lowest BCUT2D eigenvalue weighted by Gasteiger charge is -2.12. The second kappa shape index (κ2) is 6.94. The minimum atomic E-state index is -1.26. The van der Waals surface area contributed by atoms with E-state index in [4.69, 9.17) is 4.74 Å². The number of aliphatic hydroxyl groups is 1. The number of hydrogen-bond donors (Lipinski definition) is 2. The minimum Gasteiger partial charge on any atom is -0.497 e. The first kappa shape index (κ1) is 17.0. The van der Waals surface area contributed by atoms with E-state index in [0.29, 0.717) is 11.3 Å². The first-order valence-corrected chi connectivity index (χ1v) is 8.02. The van der Waals surface area contributed by atoms with Crippen LogP contribution < -0.4 is 10.1 Å². The third kappa shape index (κ3) is 3.34. The van der Waals surface area contributed by atoms with Gasteiger partial charge in [0.15, 0.2) is 6.10 Å². The molecule has 3 aromatic rings. The summed E-state index contributed by atoms with van der Waals surface area (Å²) in [6, 6.07) is 12.7. The SMILES string of the molecule is COc1cccc(C(O)C(=O)NCc2nc3cccc(C)c3n2C)c1. The molecule has 1 unspecified atom stereocenters. The smallest absolute Gasteiger partial charge is 0.253 e. The Morgan fingerprint density at radius 1 is 1.32 bits per heavy atom. The number of para-hydroxylation sites is 1. The number of rotatable bonds is 5. The van der Waals surface area contributed by atoms with Crippen molar-refractivity contribution >= 4 is 16.9 Å². The second-order valence-corrected chi connectivity index (χ2v) is 5.93. The number of ether oxygens (including phenoxy) is 1. The summed E-state index contributed by atoms with van der Waals surface area (Å²) >= 11 is 0. The monoisotopic (exact) mass is 339 g/mol. The van der Waals surface area contributed by atoms with Crippen molar-refractivity contribution in [3.05, 3.63) is 59.4 Å². The Labute approximate surface area is 146 Å². The van der Waals surface area contributed by atoms with Crippen molar-refractivity contribution in [3.63, 3.8) is 0 Å². The molecule has 0 saturated carbocycles. The lowest BCUT2D eigenvalue weighted by atomic mass is 10.1. The number of nitrogens with zero attached hydrogens (tertiary/aromatic N) is 2. The van der Waals surface area contributed by atoms with E-state index in [9.17, 15) is 9.90 Å². The molecule has 1 atom stereocenters. The van der Waals surface area contributed by atoms with Crippen LogP contribution in [0.4, 0.5) is 0 Å². The Balaban J connectivity index is 1.74.